The first-order valence-electron chi connectivity index (χ1n) is 7.12. The van der Waals surface area contributed by atoms with Gasteiger partial charge < -0.3 is 19.4 Å². The summed E-state index contributed by atoms with van der Waals surface area (Å²) in [6.07, 6.45) is 1.15. The van der Waals surface area contributed by atoms with Crippen molar-refractivity contribution in [3.8, 4) is 11.7 Å². The van der Waals surface area contributed by atoms with Crippen LogP contribution in [0.5, 0.6) is 11.7 Å². The lowest BCUT2D eigenvalue weighted by Crippen LogP contribution is -2.36. The van der Waals surface area contributed by atoms with E-state index >= 15 is 0 Å². The van der Waals surface area contributed by atoms with Gasteiger partial charge in [-0.2, -0.15) is 12.6 Å². The summed E-state index contributed by atoms with van der Waals surface area (Å²) < 4.78 is 9.66. The highest BCUT2D eigenvalue weighted by Gasteiger charge is 2.31. The number of rotatable bonds is 7. The van der Waals surface area contributed by atoms with E-state index in [1.807, 2.05) is 18.2 Å². The molecule has 0 saturated carbocycles. The van der Waals surface area contributed by atoms with Gasteiger partial charge in [0, 0.05) is 4.75 Å². The molecule has 8 heteroatoms. The van der Waals surface area contributed by atoms with Gasteiger partial charge in [-0.15, -0.1) is 0 Å². The van der Waals surface area contributed by atoms with Crippen molar-refractivity contribution in [1.29, 1.82) is 0 Å². The van der Waals surface area contributed by atoms with Crippen molar-refractivity contribution in [3.05, 3.63) is 41.9 Å². The Morgan fingerprint density at radius 3 is 2.71 bits per heavy atom. The maximum absolute atomic E-state index is 11.2. The number of aliphatic imine (C=N–C) groups is 1. The molecule has 1 unspecified atom stereocenters. The Balaban J connectivity index is 2.08. The fraction of sp³-hybridized carbons (Fsp3) is 0.312. The number of aromatic nitrogens is 1. The van der Waals surface area contributed by atoms with E-state index in [1.165, 1.54) is 0 Å². The lowest BCUT2D eigenvalue weighted by molar-refractivity contribution is -0.138. The molecule has 1 heterocycles. The van der Waals surface area contributed by atoms with E-state index in [1.54, 1.807) is 26.0 Å². The van der Waals surface area contributed by atoms with Crippen LogP contribution in [0.15, 0.2) is 39.7 Å². The van der Waals surface area contributed by atoms with Crippen LogP contribution in [0.1, 0.15) is 25.4 Å². The maximum atomic E-state index is 11.2. The standard InChI is InChI=1S/C16H18N2O5S/c1-16(2,24)13(14(19)20)17-8-11-15(21)23-12(18-11)9-22-10-6-4-3-5-7-10/h3-8,13,21,24H,9H2,1-2H3,(H,19,20). The number of thiol groups is 1. The smallest absolute Gasteiger partial charge is 0.329 e. The lowest BCUT2D eigenvalue weighted by atomic mass is 10.0. The van der Waals surface area contributed by atoms with Crippen LogP contribution < -0.4 is 4.74 Å². The number of nitrogens with zero attached hydrogens (tertiary/aromatic N) is 2. The minimum Gasteiger partial charge on any atom is -0.484 e. The molecule has 2 rings (SSSR count). The number of carbonyl (C=O) groups is 1. The monoisotopic (exact) mass is 350 g/mol. The molecular formula is C16H18N2O5S. The second kappa shape index (κ2) is 7.39. The number of carboxylic acid groups (broad SMARTS) is 1. The Hall–Kier alpha value is -2.48. The van der Waals surface area contributed by atoms with Gasteiger partial charge in [-0.1, -0.05) is 18.2 Å². The summed E-state index contributed by atoms with van der Waals surface area (Å²) in [5, 5.41) is 18.9. The van der Waals surface area contributed by atoms with E-state index in [9.17, 15) is 15.0 Å². The van der Waals surface area contributed by atoms with E-state index in [2.05, 4.69) is 22.6 Å². The van der Waals surface area contributed by atoms with E-state index in [0.29, 0.717) is 5.75 Å². The molecule has 2 N–H and O–H groups in total. The molecule has 1 aromatic heterocycles. The van der Waals surface area contributed by atoms with E-state index in [0.717, 1.165) is 6.21 Å². The fourth-order valence-corrected chi connectivity index (χ4v) is 2.05. The van der Waals surface area contributed by atoms with Gasteiger partial charge in [-0.3, -0.25) is 4.99 Å². The molecule has 1 atom stereocenters. The molecule has 0 radical (unpaired) electrons. The SMILES string of the molecule is CC(C)(S)C(N=Cc1nc(COc2ccccc2)oc1O)C(=O)O. The van der Waals surface area contributed by atoms with Gasteiger partial charge in [0.25, 0.3) is 0 Å². The van der Waals surface area contributed by atoms with Crippen molar-refractivity contribution in [2.24, 2.45) is 4.99 Å². The average molecular weight is 350 g/mol. The van der Waals surface area contributed by atoms with Gasteiger partial charge in [-0.25, -0.2) is 9.78 Å². The fourth-order valence-electron chi connectivity index (χ4n) is 1.87. The normalized spacial score (nSPS) is 13.1. The number of benzene rings is 1. The number of para-hydroxylation sites is 1. The van der Waals surface area contributed by atoms with Gasteiger partial charge >= 0.3 is 11.9 Å². The molecule has 0 amide bonds. The first kappa shape index (κ1) is 17.9. The number of ether oxygens (including phenoxy) is 1. The number of hydrogen-bond donors (Lipinski definition) is 3. The maximum Gasteiger partial charge on any atom is 0.329 e. The highest BCUT2D eigenvalue weighted by Crippen LogP contribution is 2.22. The molecule has 0 saturated heterocycles. The van der Waals surface area contributed by atoms with Crippen LogP contribution in [-0.4, -0.2) is 38.2 Å². The summed E-state index contributed by atoms with van der Waals surface area (Å²) in [7, 11) is 0. The van der Waals surface area contributed by atoms with Crippen molar-refractivity contribution >= 4 is 24.8 Å². The molecule has 7 nitrogen and oxygen atoms in total. The summed E-state index contributed by atoms with van der Waals surface area (Å²) in [4.78, 5) is 19.2. The Morgan fingerprint density at radius 1 is 1.46 bits per heavy atom. The molecule has 0 fully saturated rings. The second-order valence-electron chi connectivity index (χ2n) is 5.57. The van der Waals surface area contributed by atoms with E-state index in [4.69, 9.17) is 9.15 Å². The molecule has 1 aromatic carbocycles. The number of hydrogen-bond acceptors (Lipinski definition) is 7. The third kappa shape index (κ3) is 4.76. The van der Waals surface area contributed by atoms with Crippen LogP contribution in [0, 0.1) is 0 Å². The van der Waals surface area contributed by atoms with Crippen LogP contribution in [-0.2, 0) is 11.4 Å². The Bertz CT molecular complexity index is 722. The van der Waals surface area contributed by atoms with Gasteiger partial charge in [0.15, 0.2) is 18.3 Å². The molecule has 0 aliphatic rings. The molecule has 0 aliphatic carbocycles. The lowest BCUT2D eigenvalue weighted by Gasteiger charge is -2.21. The van der Waals surface area contributed by atoms with Crippen LogP contribution in [0.25, 0.3) is 0 Å². The Kier molecular flexibility index (Phi) is 5.50. The predicted octanol–water partition coefficient (Wildman–Crippen LogP) is 2.54. The summed E-state index contributed by atoms with van der Waals surface area (Å²) >= 11 is 4.22. The minimum atomic E-state index is -1.12. The van der Waals surface area contributed by atoms with Crippen LogP contribution in [0.4, 0.5) is 0 Å². The zero-order valence-electron chi connectivity index (χ0n) is 13.2. The topological polar surface area (TPSA) is 105 Å². The molecule has 2 aromatic rings. The van der Waals surface area contributed by atoms with Crippen LogP contribution >= 0.6 is 12.6 Å². The molecule has 128 valence electrons. The minimum absolute atomic E-state index is 0.0197. The van der Waals surface area contributed by atoms with Gasteiger partial charge in [0.1, 0.15) is 5.75 Å². The second-order valence-corrected chi connectivity index (χ2v) is 6.72. The molecule has 0 spiro atoms. The highest BCUT2D eigenvalue weighted by molar-refractivity contribution is 7.81. The van der Waals surface area contributed by atoms with Gasteiger partial charge in [0.05, 0.1) is 6.21 Å². The largest absolute Gasteiger partial charge is 0.484 e. The Morgan fingerprint density at radius 2 is 2.12 bits per heavy atom. The van der Waals surface area contributed by atoms with Gasteiger partial charge in [0.2, 0.25) is 5.89 Å². The molecule has 0 aliphatic heterocycles. The van der Waals surface area contributed by atoms with Crippen molar-refractivity contribution in [2.45, 2.75) is 31.2 Å². The highest BCUT2D eigenvalue weighted by atomic mass is 32.1. The van der Waals surface area contributed by atoms with Crippen molar-refractivity contribution < 1.29 is 24.2 Å². The average Bonchev–Trinajstić information content (AvgIpc) is 2.85. The molecule has 24 heavy (non-hydrogen) atoms. The van der Waals surface area contributed by atoms with Crippen molar-refractivity contribution in [1.82, 2.24) is 4.98 Å². The number of aliphatic carboxylic acids is 1. The summed E-state index contributed by atoms with van der Waals surface area (Å²) in [6.45, 7) is 3.29. The van der Waals surface area contributed by atoms with E-state index < -0.39 is 22.7 Å². The zero-order chi connectivity index (χ0) is 17.7. The first-order valence-corrected chi connectivity index (χ1v) is 7.57. The zero-order valence-corrected chi connectivity index (χ0v) is 14.1. The predicted molar refractivity (Wildman–Crippen MR) is 91.0 cm³/mol. The van der Waals surface area contributed by atoms with Crippen LogP contribution in [0.3, 0.4) is 0 Å². The summed E-state index contributed by atoms with van der Waals surface area (Å²) in [5.74, 6) is -0.795. The Labute approximate surface area is 144 Å². The van der Waals surface area contributed by atoms with Crippen molar-refractivity contribution in [2.75, 3.05) is 0 Å². The van der Waals surface area contributed by atoms with E-state index in [-0.39, 0.29) is 18.2 Å². The summed E-state index contributed by atoms with van der Waals surface area (Å²) in [6, 6.07) is 7.97. The third-order valence-corrected chi connectivity index (χ3v) is 3.28. The molecular weight excluding hydrogens is 332 g/mol. The van der Waals surface area contributed by atoms with Crippen LogP contribution in [0.2, 0.25) is 0 Å². The van der Waals surface area contributed by atoms with Crippen molar-refractivity contribution in [3.63, 3.8) is 0 Å². The third-order valence-electron chi connectivity index (χ3n) is 3.03. The first-order chi connectivity index (χ1) is 11.3. The number of carboxylic acids is 1. The quantitative estimate of drug-likeness (QED) is 0.523. The number of aromatic hydroxyl groups is 1. The summed E-state index contributed by atoms with van der Waals surface area (Å²) in [5.41, 5.74) is 0.0329. The number of oxazole rings is 1. The molecule has 0 bridgehead atoms. The van der Waals surface area contributed by atoms with Gasteiger partial charge in [-0.05, 0) is 26.0 Å².